The van der Waals surface area contributed by atoms with E-state index in [1.54, 1.807) is 0 Å². The predicted molar refractivity (Wildman–Crippen MR) is 68.8 cm³/mol. The normalized spacial score (nSPS) is 23.2. The zero-order chi connectivity index (χ0) is 12.2. The molecule has 18 heavy (non-hydrogen) atoms. The molecule has 3 heterocycles. The largest absolute Gasteiger partial charge is 0.377 e. The van der Waals surface area contributed by atoms with Crippen molar-refractivity contribution in [2.24, 2.45) is 0 Å². The minimum absolute atomic E-state index is 0.365. The number of nitriles is 1. The summed E-state index contributed by atoms with van der Waals surface area (Å²) in [4.78, 5) is 2.51. The van der Waals surface area contributed by atoms with Crippen LogP contribution >= 0.6 is 0 Å². The number of anilines is 1. The van der Waals surface area contributed by atoms with Crippen LogP contribution < -0.4 is 4.90 Å². The molecule has 1 fully saturated rings. The average Bonchev–Trinajstić information content (AvgIpc) is 2.74. The maximum atomic E-state index is 9.43. The lowest BCUT2D eigenvalue weighted by Crippen LogP contribution is -2.45. The highest BCUT2D eigenvalue weighted by Gasteiger charge is 2.42. The average molecular weight is 240 g/mol. The van der Waals surface area contributed by atoms with Gasteiger partial charge in [-0.1, -0.05) is 12.1 Å². The van der Waals surface area contributed by atoms with Crippen molar-refractivity contribution in [3.05, 3.63) is 28.8 Å². The first-order valence-electron chi connectivity index (χ1n) is 6.73. The summed E-state index contributed by atoms with van der Waals surface area (Å²) in [7, 11) is 0. The summed E-state index contributed by atoms with van der Waals surface area (Å²) in [6.45, 7) is 3.48. The topological polar surface area (TPSA) is 36.3 Å². The SMILES string of the molecule is N#CC1(c2cc3c4c(c2)CCN4CCC3)COC1. The number of nitrogens with zero attached hydrogens (tertiary/aromatic N) is 2. The fourth-order valence-electron chi connectivity index (χ4n) is 3.48. The Bertz CT molecular complexity index is 554. The Morgan fingerprint density at radius 3 is 2.61 bits per heavy atom. The van der Waals surface area contributed by atoms with Gasteiger partial charge in [-0.25, -0.2) is 0 Å². The van der Waals surface area contributed by atoms with E-state index in [0.29, 0.717) is 13.2 Å². The van der Waals surface area contributed by atoms with Crippen LogP contribution in [-0.2, 0) is 23.0 Å². The molecule has 0 aliphatic carbocycles. The quantitative estimate of drug-likeness (QED) is 0.751. The molecule has 1 aromatic rings. The number of hydrogen-bond donors (Lipinski definition) is 0. The molecule has 92 valence electrons. The van der Waals surface area contributed by atoms with Gasteiger partial charge in [0.25, 0.3) is 0 Å². The summed E-state index contributed by atoms with van der Waals surface area (Å²) in [5, 5.41) is 9.43. The van der Waals surface area contributed by atoms with Gasteiger partial charge in [-0.15, -0.1) is 0 Å². The van der Waals surface area contributed by atoms with Gasteiger partial charge in [-0.2, -0.15) is 5.26 Å². The van der Waals surface area contributed by atoms with Crippen LogP contribution in [-0.4, -0.2) is 26.3 Å². The second-order valence-corrected chi connectivity index (χ2v) is 5.67. The number of aryl methyl sites for hydroxylation is 1. The number of benzene rings is 1. The van der Waals surface area contributed by atoms with Crippen molar-refractivity contribution in [2.75, 3.05) is 31.2 Å². The fraction of sp³-hybridized carbons (Fsp3) is 0.533. The monoisotopic (exact) mass is 240 g/mol. The first kappa shape index (κ1) is 10.4. The Morgan fingerprint density at radius 2 is 1.94 bits per heavy atom. The Labute approximate surface area is 107 Å². The molecule has 1 aromatic carbocycles. The smallest absolute Gasteiger partial charge is 0.129 e. The molecular weight excluding hydrogens is 224 g/mol. The second-order valence-electron chi connectivity index (χ2n) is 5.67. The molecule has 3 aliphatic rings. The summed E-state index contributed by atoms with van der Waals surface area (Å²) >= 11 is 0. The first-order valence-corrected chi connectivity index (χ1v) is 6.73. The van der Waals surface area contributed by atoms with Crippen molar-refractivity contribution in [1.29, 1.82) is 5.26 Å². The molecule has 0 aromatic heterocycles. The molecule has 0 bridgehead atoms. The maximum absolute atomic E-state index is 9.43. The molecule has 0 amide bonds. The third-order valence-electron chi connectivity index (χ3n) is 4.57. The summed E-state index contributed by atoms with van der Waals surface area (Å²) in [6, 6.07) is 6.99. The third kappa shape index (κ3) is 1.22. The predicted octanol–water partition coefficient (Wildman–Crippen LogP) is 1.79. The Morgan fingerprint density at radius 1 is 1.17 bits per heavy atom. The summed E-state index contributed by atoms with van der Waals surface area (Å²) in [6.07, 6.45) is 3.54. The molecule has 1 saturated heterocycles. The van der Waals surface area contributed by atoms with Crippen molar-refractivity contribution in [1.82, 2.24) is 0 Å². The van der Waals surface area contributed by atoms with E-state index in [2.05, 4.69) is 23.1 Å². The number of rotatable bonds is 1. The molecule has 0 spiro atoms. The second kappa shape index (κ2) is 3.49. The molecule has 4 rings (SSSR count). The highest BCUT2D eigenvalue weighted by atomic mass is 16.5. The van der Waals surface area contributed by atoms with Gasteiger partial charge >= 0.3 is 0 Å². The minimum Gasteiger partial charge on any atom is -0.377 e. The van der Waals surface area contributed by atoms with E-state index in [1.165, 1.54) is 35.3 Å². The lowest BCUT2D eigenvalue weighted by atomic mass is 9.78. The van der Waals surface area contributed by atoms with Crippen molar-refractivity contribution in [3.8, 4) is 6.07 Å². The number of ether oxygens (including phenoxy) is 1. The first-order chi connectivity index (χ1) is 8.82. The van der Waals surface area contributed by atoms with E-state index in [4.69, 9.17) is 4.74 Å². The van der Waals surface area contributed by atoms with Crippen molar-refractivity contribution >= 4 is 5.69 Å². The van der Waals surface area contributed by atoms with Gasteiger partial charge in [-0.3, -0.25) is 0 Å². The standard InChI is InChI=1S/C15H16N2O/c16-8-15(9-18-10-15)13-6-11-2-1-4-17-5-3-12(7-13)14(11)17/h6-7H,1-5,9-10H2. The van der Waals surface area contributed by atoms with Gasteiger partial charge in [-0.05, 0) is 36.0 Å². The van der Waals surface area contributed by atoms with Crippen LogP contribution in [0.2, 0.25) is 0 Å². The van der Waals surface area contributed by atoms with Crippen LogP contribution in [0.25, 0.3) is 0 Å². The molecule has 0 N–H and O–H groups in total. The van der Waals surface area contributed by atoms with Gasteiger partial charge < -0.3 is 9.64 Å². The molecule has 0 atom stereocenters. The Hall–Kier alpha value is -1.53. The fourth-order valence-corrected chi connectivity index (χ4v) is 3.48. The lowest BCUT2D eigenvalue weighted by Gasteiger charge is -2.37. The Kier molecular flexibility index (Phi) is 2.02. The van der Waals surface area contributed by atoms with E-state index in [-0.39, 0.29) is 5.41 Å². The highest BCUT2D eigenvalue weighted by molar-refractivity contribution is 5.67. The summed E-state index contributed by atoms with van der Waals surface area (Å²) in [5.74, 6) is 0. The Balaban J connectivity index is 1.86. The van der Waals surface area contributed by atoms with E-state index in [0.717, 1.165) is 19.4 Å². The third-order valence-corrected chi connectivity index (χ3v) is 4.57. The molecule has 0 saturated carbocycles. The highest BCUT2D eigenvalue weighted by Crippen LogP contribution is 2.41. The molecule has 3 aliphatic heterocycles. The van der Waals surface area contributed by atoms with Crippen LogP contribution in [0.1, 0.15) is 23.1 Å². The van der Waals surface area contributed by atoms with E-state index >= 15 is 0 Å². The molecule has 3 nitrogen and oxygen atoms in total. The van der Waals surface area contributed by atoms with Crippen LogP contribution in [0.15, 0.2) is 12.1 Å². The van der Waals surface area contributed by atoms with E-state index in [1.807, 2.05) is 0 Å². The molecular formula is C15H16N2O. The van der Waals surface area contributed by atoms with Crippen molar-refractivity contribution in [2.45, 2.75) is 24.7 Å². The van der Waals surface area contributed by atoms with Crippen LogP contribution in [0.4, 0.5) is 5.69 Å². The summed E-state index contributed by atoms with van der Waals surface area (Å²) < 4.78 is 5.28. The molecule has 3 heteroatoms. The van der Waals surface area contributed by atoms with Crippen LogP contribution in [0.5, 0.6) is 0 Å². The molecule has 0 unspecified atom stereocenters. The zero-order valence-corrected chi connectivity index (χ0v) is 10.4. The lowest BCUT2D eigenvalue weighted by molar-refractivity contribution is -0.0298. The van der Waals surface area contributed by atoms with Gasteiger partial charge in [0.1, 0.15) is 5.41 Å². The van der Waals surface area contributed by atoms with Crippen molar-refractivity contribution < 1.29 is 4.74 Å². The van der Waals surface area contributed by atoms with Gasteiger partial charge in [0, 0.05) is 18.8 Å². The van der Waals surface area contributed by atoms with Gasteiger partial charge in [0.2, 0.25) is 0 Å². The minimum atomic E-state index is -0.365. The van der Waals surface area contributed by atoms with Gasteiger partial charge in [0.15, 0.2) is 0 Å². The molecule has 0 radical (unpaired) electrons. The van der Waals surface area contributed by atoms with Crippen LogP contribution in [0, 0.1) is 11.3 Å². The zero-order valence-electron chi connectivity index (χ0n) is 10.4. The summed E-state index contributed by atoms with van der Waals surface area (Å²) in [5.41, 5.74) is 5.19. The van der Waals surface area contributed by atoms with Gasteiger partial charge in [0.05, 0.1) is 19.3 Å². The van der Waals surface area contributed by atoms with Crippen molar-refractivity contribution in [3.63, 3.8) is 0 Å². The van der Waals surface area contributed by atoms with E-state index < -0.39 is 0 Å². The number of hydrogen-bond acceptors (Lipinski definition) is 3. The van der Waals surface area contributed by atoms with E-state index in [9.17, 15) is 5.26 Å². The maximum Gasteiger partial charge on any atom is 0.129 e. The van der Waals surface area contributed by atoms with Crippen LogP contribution in [0.3, 0.4) is 0 Å².